The minimum absolute atomic E-state index is 0.0453. The third kappa shape index (κ3) is 6.43. The highest BCUT2D eigenvalue weighted by atomic mass is 32.2. The number of rotatable bonds is 6. The van der Waals surface area contributed by atoms with Crippen LogP contribution in [-0.4, -0.2) is 20.4 Å². The molecule has 2 fully saturated rings. The molecule has 0 radical (unpaired) electrons. The second-order valence-corrected chi connectivity index (χ2v) is 10.7. The van der Waals surface area contributed by atoms with Crippen LogP contribution in [0.15, 0.2) is 53.4 Å². The van der Waals surface area contributed by atoms with Crippen LogP contribution in [0.4, 0.5) is 4.39 Å². The van der Waals surface area contributed by atoms with Gasteiger partial charge in [-0.2, -0.15) is 0 Å². The van der Waals surface area contributed by atoms with E-state index in [4.69, 9.17) is 0 Å². The highest BCUT2D eigenvalue weighted by molar-refractivity contribution is 7.89. The molecular weight excluding hydrogens is 439 g/mol. The molecule has 0 saturated heterocycles. The molecule has 2 aromatic carbocycles. The zero-order valence-corrected chi connectivity index (χ0v) is 19.5. The topological polar surface area (TPSA) is 75.3 Å². The van der Waals surface area contributed by atoms with Crippen molar-refractivity contribution in [1.29, 1.82) is 0 Å². The van der Waals surface area contributed by atoms with Crippen molar-refractivity contribution in [2.45, 2.75) is 62.4 Å². The summed E-state index contributed by atoms with van der Waals surface area (Å²) in [5.74, 6) is 6.25. The van der Waals surface area contributed by atoms with Gasteiger partial charge >= 0.3 is 0 Å². The molecule has 2 aliphatic rings. The molecule has 4 rings (SSSR count). The van der Waals surface area contributed by atoms with Crippen molar-refractivity contribution in [2.75, 3.05) is 0 Å². The van der Waals surface area contributed by atoms with Gasteiger partial charge in [-0.3, -0.25) is 4.79 Å². The van der Waals surface area contributed by atoms with Crippen LogP contribution in [0.25, 0.3) is 0 Å². The summed E-state index contributed by atoms with van der Waals surface area (Å²) < 4.78 is 41.4. The first-order chi connectivity index (χ1) is 15.8. The number of sulfonamides is 1. The van der Waals surface area contributed by atoms with Gasteiger partial charge in [-0.15, -0.1) is 0 Å². The number of halogens is 1. The SMILES string of the molecule is C[C@@H](NC(=O)[C@H]1CC[C@H](NS(=O)(=O)c2ccc(C#CC3CC3)cc2)CC1)c1ccc(F)cc1. The van der Waals surface area contributed by atoms with E-state index in [0.29, 0.717) is 31.6 Å². The van der Waals surface area contributed by atoms with Gasteiger partial charge in [0.2, 0.25) is 15.9 Å². The van der Waals surface area contributed by atoms with Gasteiger partial charge in [0.15, 0.2) is 0 Å². The Labute approximate surface area is 195 Å². The molecule has 0 aromatic heterocycles. The number of benzene rings is 2. The van der Waals surface area contributed by atoms with Gasteiger partial charge in [0.1, 0.15) is 5.82 Å². The molecule has 2 aliphatic carbocycles. The van der Waals surface area contributed by atoms with Crippen LogP contribution in [-0.2, 0) is 14.8 Å². The largest absolute Gasteiger partial charge is 0.349 e. The molecule has 0 unspecified atom stereocenters. The van der Waals surface area contributed by atoms with Gasteiger partial charge in [0.25, 0.3) is 0 Å². The van der Waals surface area contributed by atoms with Gasteiger partial charge in [0, 0.05) is 23.4 Å². The van der Waals surface area contributed by atoms with E-state index in [0.717, 1.165) is 24.0 Å². The van der Waals surface area contributed by atoms with E-state index < -0.39 is 10.0 Å². The zero-order chi connectivity index (χ0) is 23.4. The smallest absolute Gasteiger partial charge is 0.240 e. The first-order valence-electron chi connectivity index (χ1n) is 11.5. The van der Waals surface area contributed by atoms with E-state index in [9.17, 15) is 17.6 Å². The normalized spacial score (nSPS) is 21.5. The van der Waals surface area contributed by atoms with Crippen molar-refractivity contribution in [1.82, 2.24) is 10.0 Å². The summed E-state index contributed by atoms with van der Waals surface area (Å²) in [6.45, 7) is 1.87. The molecule has 2 saturated carbocycles. The Morgan fingerprint density at radius 1 is 0.970 bits per heavy atom. The van der Waals surface area contributed by atoms with Crippen LogP contribution >= 0.6 is 0 Å². The maximum Gasteiger partial charge on any atom is 0.240 e. The first kappa shape index (κ1) is 23.5. The Hall–Kier alpha value is -2.69. The van der Waals surface area contributed by atoms with E-state index in [1.54, 1.807) is 36.4 Å². The molecule has 0 bridgehead atoms. The molecule has 7 heteroatoms. The number of hydrogen-bond acceptors (Lipinski definition) is 3. The Kier molecular flexibility index (Phi) is 7.16. The van der Waals surface area contributed by atoms with Gasteiger partial charge < -0.3 is 5.32 Å². The predicted molar refractivity (Wildman–Crippen MR) is 125 cm³/mol. The zero-order valence-electron chi connectivity index (χ0n) is 18.7. The molecule has 174 valence electrons. The average Bonchev–Trinajstić information content (AvgIpc) is 3.63. The first-order valence-corrected chi connectivity index (χ1v) is 13.0. The molecule has 1 atom stereocenters. The number of carbonyl (C=O) groups is 1. The summed E-state index contributed by atoms with van der Waals surface area (Å²) in [6.07, 6.45) is 4.75. The summed E-state index contributed by atoms with van der Waals surface area (Å²) in [7, 11) is -3.62. The molecule has 33 heavy (non-hydrogen) atoms. The van der Waals surface area contributed by atoms with Crippen LogP contribution in [0.3, 0.4) is 0 Å². The third-order valence-electron chi connectivity index (χ3n) is 6.31. The Morgan fingerprint density at radius 3 is 2.21 bits per heavy atom. The Morgan fingerprint density at radius 2 is 1.61 bits per heavy atom. The van der Waals surface area contributed by atoms with Crippen LogP contribution in [0.2, 0.25) is 0 Å². The summed E-state index contributed by atoms with van der Waals surface area (Å²) in [4.78, 5) is 12.9. The monoisotopic (exact) mass is 468 g/mol. The fraction of sp³-hybridized carbons (Fsp3) is 0.423. The minimum Gasteiger partial charge on any atom is -0.349 e. The van der Waals surface area contributed by atoms with Crippen molar-refractivity contribution in [3.63, 3.8) is 0 Å². The van der Waals surface area contributed by atoms with Gasteiger partial charge in [0.05, 0.1) is 10.9 Å². The second kappa shape index (κ2) is 10.1. The van der Waals surface area contributed by atoms with Crippen LogP contribution in [0, 0.1) is 29.5 Å². The van der Waals surface area contributed by atoms with Crippen molar-refractivity contribution in [3.05, 3.63) is 65.5 Å². The van der Waals surface area contributed by atoms with Crippen molar-refractivity contribution in [2.24, 2.45) is 11.8 Å². The molecule has 0 spiro atoms. The van der Waals surface area contributed by atoms with Gasteiger partial charge in [-0.1, -0.05) is 24.0 Å². The van der Waals surface area contributed by atoms with E-state index in [2.05, 4.69) is 21.9 Å². The third-order valence-corrected chi connectivity index (χ3v) is 7.85. The fourth-order valence-corrected chi connectivity index (χ4v) is 5.36. The summed E-state index contributed by atoms with van der Waals surface area (Å²) in [6, 6.07) is 12.4. The van der Waals surface area contributed by atoms with Gasteiger partial charge in [-0.05, 0) is 87.4 Å². The molecular formula is C26H29FN2O3S. The maximum atomic E-state index is 13.1. The van der Waals surface area contributed by atoms with E-state index >= 15 is 0 Å². The van der Waals surface area contributed by atoms with Crippen molar-refractivity contribution in [3.8, 4) is 11.8 Å². The lowest BCUT2D eigenvalue weighted by Gasteiger charge is -2.29. The number of amides is 1. The molecule has 0 aliphatic heterocycles. The summed E-state index contributed by atoms with van der Waals surface area (Å²) in [5.41, 5.74) is 1.66. The lowest BCUT2D eigenvalue weighted by molar-refractivity contribution is -0.126. The predicted octanol–water partition coefficient (Wildman–Crippen LogP) is 4.30. The van der Waals surface area contributed by atoms with Crippen molar-refractivity contribution < 1.29 is 17.6 Å². The summed E-state index contributed by atoms with van der Waals surface area (Å²) in [5, 5.41) is 2.99. The summed E-state index contributed by atoms with van der Waals surface area (Å²) >= 11 is 0. The number of nitrogens with one attached hydrogen (secondary N) is 2. The molecule has 2 aromatic rings. The van der Waals surface area contributed by atoms with Crippen LogP contribution in [0.1, 0.15) is 62.6 Å². The standard InChI is InChI=1S/C26H29FN2O3S/c1-18(21-8-12-23(27)13-9-21)28-26(30)22-10-14-24(15-11-22)29-33(31,32)25-16-6-20(7-17-25)5-4-19-2-3-19/h6-9,12-13,16-19,22,24,29H,2-3,10-11,14-15H2,1H3,(H,28,30)/t18-,22-,24-/m1/s1. The van der Waals surface area contributed by atoms with Crippen LogP contribution in [0.5, 0.6) is 0 Å². The number of hydrogen-bond donors (Lipinski definition) is 2. The van der Waals surface area contributed by atoms with E-state index in [1.807, 2.05) is 6.92 Å². The second-order valence-electron chi connectivity index (χ2n) is 9.02. The van der Waals surface area contributed by atoms with Crippen molar-refractivity contribution >= 4 is 15.9 Å². The van der Waals surface area contributed by atoms with Gasteiger partial charge in [-0.25, -0.2) is 17.5 Å². The van der Waals surface area contributed by atoms with Crippen LogP contribution < -0.4 is 10.0 Å². The highest BCUT2D eigenvalue weighted by Crippen LogP contribution is 2.28. The molecule has 0 heterocycles. The van der Waals surface area contributed by atoms with E-state index in [-0.39, 0.29) is 34.6 Å². The quantitative estimate of drug-likeness (QED) is 0.621. The number of carbonyl (C=O) groups excluding carboxylic acids is 1. The molecule has 5 nitrogen and oxygen atoms in total. The lowest BCUT2D eigenvalue weighted by atomic mass is 9.85. The lowest BCUT2D eigenvalue weighted by Crippen LogP contribution is -2.41. The minimum atomic E-state index is -3.62. The molecule has 2 N–H and O–H groups in total. The maximum absolute atomic E-state index is 13.1. The fourth-order valence-electron chi connectivity index (χ4n) is 4.06. The highest BCUT2D eigenvalue weighted by Gasteiger charge is 2.29. The molecule has 1 amide bonds. The Balaban J connectivity index is 1.27. The Bertz CT molecular complexity index is 1140. The van der Waals surface area contributed by atoms with E-state index in [1.165, 1.54) is 12.1 Å². The average molecular weight is 469 g/mol.